The van der Waals surface area contributed by atoms with Gasteiger partial charge in [-0.25, -0.2) is 4.98 Å². The molecule has 0 saturated carbocycles. The molecule has 0 bridgehead atoms. The van der Waals surface area contributed by atoms with Crippen molar-refractivity contribution in [3.05, 3.63) is 192 Å². The predicted octanol–water partition coefficient (Wildman–Crippen LogP) is 16.3. The molecule has 0 amide bonds. The molecule has 0 spiro atoms. The molecule has 0 fully saturated rings. The molecule has 0 atom stereocenters. The Morgan fingerprint density at radius 2 is 1.11 bits per heavy atom. The van der Waals surface area contributed by atoms with E-state index in [4.69, 9.17) is 14.1 Å². The number of rotatable bonds is 7. The zero-order chi connectivity index (χ0) is 48.3. The quantitative estimate of drug-likeness (QED) is 0.174. The maximum atomic E-state index is 12.3. The van der Waals surface area contributed by atoms with E-state index < -0.39 is 6.85 Å². The third-order valence-electron chi connectivity index (χ3n) is 12.6. The molecule has 4 nitrogen and oxygen atoms in total. The molecule has 9 rings (SSSR count). The van der Waals surface area contributed by atoms with Gasteiger partial charge in [0.2, 0.25) is 0 Å². The summed E-state index contributed by atoms with van der Waals surface area (Å²) in [5, 5.41) is 12.3. The van der Waals surface area contributed by atoms with Crippen molar-refractivity contribution in [3.8, 4) is 78.6 Å². The van der Waals surface area contributed by atoms with Crippen molar-refractivity contribution >= 4 is 11.0 Å². The first-order valence-electron chi connectivity index (χ1n) is 24.0. The molecule has 9 aromatic rings. The topological polar surface area (TPSA) is 50.9 Å². The van der Waals surface area contributed by atoms with Crippen LogP contribution in [0.2, 0.25) is 0 Å². The Balaban J connectivity index is 1.31. The van der Waals surface area contributed by atoms with Crippen LogP contribution >= 0.6 is 0 Å². The van der Waals surface area contributed by atoms with Crippen LogP contribution in [-0.2, 0) is 16.2 Å². The van der Waals surface area contributed by atoms with Crippen molar-refractivity contribution in [3.63, 3.8) is 0 Å². The lowest BCUT2D eigenvalue weighted by atomic mass is 9.84. The van der Waals surface area contributed by atoms with Crippen LogP contribution in [0, 0.1) is 6.85 Å². The van der Waals surface area contributed by atoms with Gasteiger partial charge in [0.15, 0.2) is 0 Å². The smallest absolute Gasteiger partial charge is 0.149 e. The number of hydrogen-bond donors (Lipinski definition) is 1. The van der Waals surface area contributed by atoms with E-state index in [2.05, 4.69) is 176 Å². The number of para-hydroxylation sites is 2. The number of fused-ring (bicyclic) bond motifs is 1. The number of phenols is 1. The van der Waals surface area contributed by atoms with E-state index in [0.29, 0.717) is 17.0 Å². The molecule has 0 saturated heterocycles. The molecule has 4 heteroatoms. The number of pyridine rings is 1. The van der Waals surface area contributed by atoms with Crippen molar-refractivity contribution in [2.24, 2.45) is 0 Å². The van der Waals surface area contributed by atoms with Crippen molar-refractivity contribution < 1.29 is 9.22 Å². The molecule has 0 aliphatic carbocycles. The summed E-state index contributed by atoms with van der Waals surface area (Å²) in [6.07, 6.45) is 1.81. The van der Waals surface area contributed by atoms with Gasteiger partial charge in [0.05, 0.1) is 28.0 Å². The molecule has 0 aliphatic rings. The number of aromatic hydroxyl groups is 1. The highest BCUT2D eigenvalue weighted by Gasteiger charge is 2.27. The number of hydrogen-bond acceptors (Lipinski definition) is 3. The fourth-order valence-electron chi connectivity index (χ4n) is 8.82. The fourth-order valence-corrected chi connectivity index (χ4v) is 8.82. The van der Waals surface area contributed by atoms with Crippen LogP contribution < -0.4 is 0 Å². The summed E-state index contributed by atoms with van der Waals surface area (Å²) in [6.45, 7) is 17.6. The van der Waals surface area contributed by atoms with Gasteiger partial charge in [-0.1, -0.05) is 177 Å². The summed E-state index contributed by atoms with van der Waals surface area (Å²) in [6, 6.07) is 56.2. The first-order valence-corrected chi connectivity index (χ1v) is 22.5. The van der Waals surface area contributed by atoms with Crippen molar-refractivity contribution in [2.75, 3.05) is 0 Å². The summed E-state index contributed by atoms with van der Waals surface area (Å²) in [5.41, 5.74) is 16.2. The maximum absolute atomic E-state index is 12.3. The molecular formula is C61H59N3O. The first-order chi connectivity index (χ1) is 32.1. The molecule has 0 radical (unpaired) electrons. The van der Waals surface area contributed by atoms with Gasteiger partial charge in [-0.2, -0.15) is 0 Å². The zero-order valence-corrected chi connectivity index (χ0v) is 39.0. The zero-order valence-electron chi connectivity index (χ0n) is 42.0. The molecular weight excluding hydrogens is 791 g/mol. The van der Waals surface area contributed by atoms with Gasteiger partial charge in [-0.15, -0.1) is 0 Å². The summed E-state index contributed by atoms with van der Waals surface area (Å²) in [7, 11) is 0. The highest BCUT2D eigenvalue weighted by molar-refractivity contribution is 5.98. The van der Waals surface area contributed by atoms with Gasteiger partial charge in [0.25, 0.3) is 0 Å². The van der Waals surface area contributed by atoms with Crippen LogP contribution in [0.4, 0.5) is 0 Å². The fraction of sp³-hybridized carbons (Fsp3) is 0.213. The molecule has 65 heavy (non-hydrogen) atoms. The lowest BCUT2D eigenvalue weighted by Gasteiger charge is -2.24. The standard InChI is InChI=1S/C61H59N3O/c1-39-22-24-40(25-23-39)43-32-33-62-53(37-43)46-35-44(41-26-28-47(29-27-41)59(2,3)4)34-45(36-46)49-18-15-21-55-56(49)63-58(50-19-14-20-52(57(50)65)61(8,9)10)64(55)54-31-30-48(60(5,6)7)38-51(54)42-16-12-11-13-17-42/h11-38,65H,1-10H3/i1D3. The Labute approximate surface area is 389 Å². The van der Waals surface area contributed by atoms with Crippen LogP contribution in [0.1, 0.15) is 88.7 Å². The normalized spacial score (nSPS) is 13.1. The molecule has 2 heterocycles. The SMILES string of the molecule is [2H]C([2H])([2H])c1ccc(-c2ccnc(-c3cc(-c4ccc(C(C)(C)C)cc4)cc(-c4cccc5c4nc(-c4cccc(C(C)(C)C)c4O)n5-c4ccc(C(C)(C)C)cc4-c4ccccc4)c3)c2)cc1. The monoisotopic (exact) mass is 852 g/mol. The first kappa shape index (κ1) is 39.5. The van der Waals surface area contributed by atoms with E-state index in [0.717, 1.165) is 78.0 Å². The summed E-state index contributed by atoms with van der Waals surface area (Å²) in [4.78, 5) is 10.5. The Morgan fingerprint density at radius 1 is 0.477 bits per heavy atom. The molecule has 324 valence electrons. The second-order valence-electron chi connectivity index (χ2n) is 20.4. The van der Waals surface area contributed by atoms with Crippen LogP contribution in [0.25, 0.3) is 83.9 Å². The lowest BCUT2D eigenvalue weighted by Crippen LogP contribution is -2.12. The number of imidazole rings is 1. The number of phenolic OH excluding ortho intramolecular Hbond substituents is 1. The highest BCUT2D eigenvalue weighted by atomic mass is 16.3. The van der Waals surface area contributed by atoms with Crippen molar-refractivity contribution in [2.45, 2.75) is 85.4 Å². The minimum Gasteiger partial charge on any atom is -0.507 e. The summed E-state index contributed by atoms with van der Waals surface area (Å²) >= 11 is 0. The Hall–Kier alpha value is -7.04. The van der Waals surface area contributed by atoms with Crippen LogP contribution in [0.15, 0.2) is 170 Å². The molecule has 0 aliphatic heterocycles. The average molecular weight is 853 g/mol. The Morgan fingerprint density at radius 3 is 1.80 bits per heavy atom. The van der Waals surface area contributed by atoms with E-state index in [-0.39, 0.29) is 22.0 Å². The van der Waals surface area contributed by atoms with Crippen LogP contribution in [0.3, 0.4) is 0 Å². The highest BCUT2D eigenvalue weighted by Crippen LogP contribution is 2.44. The second kappa shape index (κ2) is 16.5. The minimum atomic E-state index is -2.18. The van der Waals surface area contributed by atoms with Crippen LogP contribution in [0.5, 0.6) is 5.75 Å². The molecule has 1 N–H and O–H groups in total. The van der Waals surface area contributed by atoms with E-state index in [9.17, 15) is 5.11 Å². The Bertz CT molecular complexity index is 3310. The van der Waals surface area contributed by atoms with Gasteiger partial charge in [-0.05, 0) is 128 Å². The number of aryl methyl sites for hydroxylation is 1. The maximum Gasteiger partial charge on any atom is 0.149 e. The third-order valence-corrected chi connectivity index (χ3v) is 12.6. The van der Waals surface area contributed by atoms with Gasteiger partial charge in [-0.3, -0.25) is 9.55 Å². The van der Waals surface area contributed by atoms with E-state index in [1.54, 1.807) is 12.1 Å². The number of nitrogens with zero attached hydrogens (tertiary/aromatic N) is 3. The van der Waals surface area contributed by atoms with E-state index in [1.165, 1.54) is 11.1 Å². The van der Waals surface area contributed by atoms with Gasteiger partial charge < -0.3 is 5.11 Å². The molecule has 0 unspecified atom stereocenters. The third kappa shape index (κ3) is 8.54. The minimum absolute atomic E-state index is 0.00194. The summed E-state index contributed by atoms with van der Waals surface area (Å²) in [5.74, 6) is 0.859. The van der Waals surface area contributed by atoms with Gasteiger partial charge in [0, 0.05) is 27.0 Å². The molecule has 7 aromatic carbocycles. The van der Waals surface area contributed by atoms with Crippen molar-refractivity contribution in [1.29, 1.82) is 0 Å². The van der Waals surface area contributed by atoms with E-state index in [1.807, 2.05) is 48.7 Å². The Kier molecular flexibility index (Phi) is 10.0. The second-order valence-corrected chi connectivity index (χ2v) is 20.4. The summed E-state index contributed by atoms with van der Waals surface area (Å²) < 4.78 is 25.9. The largest absolute Gasteiger partial charge is 0.507 e. The predicted molar refractivity (Wildman–Crippen MR) is 274 cm³/mol. The van der Waals surface area contributed by atoms with Gasteiger partial charge in [0.1, 0.15) is 11.6 Å². The van der Waals surface area contributed by atoms with E-state index >= 15 is 0 Å². The average Bonchev–Trinajstić information content (AvgIpc) is 3.70. The van der Waals surface area contributed by atoms with Crippen molar-refractivity contribution in [1.82, 2.24) is 14.5 Å². The number of aromatic nitrogens is 3. The van der Waals surface area contributed by atoms with Crippen LogP contribution in [-0.4, -0.2) is 19.6 Å². The van der Waals surface area contributed by atoms with Gasteiger partial charge >= 0.3 is 0 Å². The lowest BCUT2D eigenvalue weighted by molar-refractivity contribution is 0.448. The number of benzene rings is 7. The molecule has 2 aromatic heterocycles.